The molecule has 0 aromatic heterocycles. The molecule has 1 aliphatic heterocycles. The summed E-state index contributed by atoms with van der Waals surface area (Å²) in [5.74, 6) is -3.02. The molecule has 0 atom stereocenters. The highest BCUT2D eigenvalue weighted by Crippen LogP contribution is 2.30. The molecule has 0 aromatic rings. The lowest BCUT2D eigenvalue weighted by Gasteiger charge is -2.27. The van der Waals surface area contributed by atoms with Gasteiger partial charge in [0.1, 0.15) is 5.92 Å². The van der Waals surface area contributed by atoms with Gasteiger partial charge < -0.3 is 10.4 Å². The number of aliphatic carboxylic acids is 1. The van der Waals surface area contributed by atoms with Gasteiger partial charge in [0.2, 0.25) is 0 Å². The van der Waals surface area contributed by atoms with Gasteiger partial charge in [-0.3, -0.25) is 14.4 Å². The summed E-state index contributed by atoms with van der Waals surface area (Å²) in [6, 6.07) is 0. The molecule has 5 heteroatoms. The summed E-state index contributed by atoms with van der Waals surface area (Å²) < 4.78 is 0. The van der Waals surface area contributed by atoms with Gasteiger partial charge in [-0.15, -0.1) is 0 Å². The number of carbonyl (C=O) groups excluding carboxylic acids is 2. The van der Waals surface area contributed by atoms with Crippen LogP contribution in [0.3, 0.4) is 0 Å². The monoisotopic (exact) mass is 237 g/mol. The highest BCUT2D eigenvalue weighted by molar-refractivity contribution is 6.08. The first-order valence-corrected chi connectivity index (χ1v) is 5.20. The first kappa shape index (κ1) is 13.2. The SMILES string of the molecule is CC(=O)C1=C(C)NC(C)=C(C(C)=O)C1C(=O)O. The van der Waals surface area contributed by atoms with E-state index in [0.29, 0.717) is 11.4 Å². The van der Waals surface area contributed by atoms with E-state index in [0.717, 1.165) is 0 Å². The van der Waals surface area contributed by atoms with E-state index in [4.69, 9.17) is 0 Å². The van der Waals surface area contributed by atoms with Gasteiger partial charge >= 0.3 is 5.97 Å². The summed E-state index contributed by atoms with van der Waals surface area (Å²) in [4.78, 5) is 34.3. The van der Waals surface area contributed by atoms with Crippen LogP contribution in [0, 0.1) is 5.92 Å². The number of carboxylic acid groups (broad SMARTS) is 1. The van der Waals surface area contributed by atoms with Crippen molar-refractivity contribution < 1.29 is 19.5 Å². The van der Waals surface area contributed by atoms with Crippen molar-refractivity contribution >= 4 is 17.5 Å². The summed E-state index contributed by atoms with van der Waals surface area (Å²) in [5, 5.41) is 12.1. The van der Waals surface area contributed by atoms with Gasteiger partial charge in [0.25, 0.3) is 0 Å². The predicted molar refractivity (Wildman–Crippen MR) is 61.0 cm³/mol. The maximum Gasteiger partial charge on any atom is 0.315 e. The number of Topliss-reactive ketones (excluding diaryl/α,β-unsaturated/α-hetero) is 2. The number of hydrogen-bond acceptors (Lipinski definition) is 4. The highest BCUT2D eigenvalue weighted by Gasteiger charge is 2.37. The van der Waals surface area contributed by atoms with E-state index < -0.39 is 11.9 Å². The van der Waals surface area contributed by atoms with E-state index in [-0.39, 0.29) is 22.7 Å². The van der Waals surface area contributed by atoms with Gasteiger partial charge in [-0.2, -0.15) is 0 Å². The molecule has 0 unspecified atom stereocenters. The zero-order valence-corrected chi connectivity index (χ0v) is 10.2. The van der Waals surface area contributed by atoms with Crippen molar-refractivity contribution in [1.82, 2.24) is 5.32 Å². The molecule has 0 radical (unpaired) electrons. The van der Waals surface area contributed by atoms with Crippen LogP contribution in [0.5, 0.6) is 0 Å². The Balaban J connectivity index is 3.44. The maximum absolute atomic E-state index is 11.5. The summed E-state index contributed by atoms with van der Waals surface area (Å²) in [5.41, 5.74) is 1.28. The van der Waals surface area contributed by atoms with Gasteiger partial charge in [0.15, 0.2) is 11.6 Å². The minimum Gasteiger partial charge on any atom is -0.481 e. The molecule has 0 saturated carbocycles. The fraction of sp³-hybridized carbons (Fsp3) is 0.417. The molecule has 92 valence electrons. The Morgan fingerprint density at radius 2 is 1.35 bits per heavy atom. The van der Waals surface area contributed by atoms with E-state index in [2.05, 4.69) is 5.32 Å². The quantitative estimate of drug-likeness (QED) is 0.765. The van der Waals surface area contributed by atoms with Crippen LogP contribution >= 0.6 is 0 Å². The largest absolute Gasteiger partial charge is 0.481 e. The van der Waals surface area contributed by atoms with Crippen molar-refractivity contribution in [3.63, 3.8) is 0 Å². The van der Waals surface area contributed by atoms with Gasteiger partial charge in [-0.05, 0) is 27.7 Å². The lowest BCUT2D eigenvalue weighted by molar-refractivity contribution is -0.141. The molecule has 0 aromatic carbocycles. The lowest BCUT2D eigenvalue weighted by Crippen LogP contribution is -2.35. The highest BCUT2D eigenvalue weighted by atomic mass is 16.4. The molecular weight excluding hydrogens is 222 g/mol. The van der Waals surface area contributed by atoms with Gasteiger partial charge in [0.05, 0.1) is 0 Å². The number of carboxylic acids is 1. The first-order chi connectivity index (χ1) is 7.77. The third-order valence-electron chi connectivity index (χ3n) is 2.77. The Kier molecular flexibility index (Phi) is 3.50. The summed E-state index contributed by atoms with van der Waals surface area (Å²) in [6.45, 7) is 5.86. The number of allylic oxidation sites excluding steroid dienone is 2. The van der Waals surface area contributed by atoms with Gasteiger partial charge in [0, 0.05) is 22.5 Å². The molecule has 0 bridgehead atoms. The van der Waals surface area contributed by atoms with E-state index in [1.165, 1.54) is 13.8 Å². The Hall–Kier alpha value is -1.91. The van der Waals surface area contributed by atoms with Crippen LogP contribution in [0.25, 0.3) is 0 Å². The second-order valence-corrected chi connectivity index (χ2v) is 4.09. The summed E-state index contributed by atoms with van der Waals surface area (Å²) in [7, 11) is 0. The molecule has 5 nitrogen and oxygen atoms in total. The number of rotatable bonds is 3. The molecule has 2 N–H and O–H groups in total. The first-order valence-electron chi connectivity index (χ1n) is 5.20. The summed E-state index contributed by atoms with van der Waals surface area (Å²) in [6.07, 6.45) is 0. The van der Waals surface area contributed by atoms with E-state index >= 15 is 0 Å². The molecule has 0 aliphatic carbocycles. The molecule has 1 heterocycles. The predicted octanol–water partition coefficient (Wildman–Crippen LogP) is 1.02. The number of carbonyl (C=O) groups is 3. The summed E-state index contributed by atoms with van der Waals surface area (Å²) >= 11 is 0. The standard InChI is InChI=1S/C12H15NO4/c1-5-9(7(3)14)11(12(16)17)10(8(4)15)6(2)13-5/h11,13H,1-4H3,(H,16,17). The van der Waals surface area contributed by atoms with Gasteiger partial charge in [-0.1, -0.05) is 0 Å². The number of ketones is 2. The third-order valence-corrected chi connectivity index (χ3v) is 2.77. The average molecular weight is 237 g/mol. The van der Waals surface area contributed by atoms with Crippen molar-refractivity contribution in [2.24, 2.45) is 5.92 Å². The minimum absolute atomic E-state index is 0.147. The molecule has 0 fully saturated rings. The minimum atomic E-state index is -1.18. The Labute approximate surface area is 99.2 Å². The molecule has 17 heavy (non-hydrogen) atoms. The van der Waals surface area contributed by atoms with E-state index in [1.807, 2.05) is 0 Å². The number of dihydropyridines is 1. The van der Waals surface area contributed by atoms with Crippen LogP contribution in [0.15, 0.2) is 22.5 Å². The zero-order valence-electron chi connectivity index (χ0n) is 10.2. The van der Waals surface area contributed by atoms with Crippen molar-refractivity contribution in [3.8, 4) is 0 Å². The third kappa shape index (κ3) is 2.27. The molecule has 1 aliphatic rings. The van der Waals surface area contributed by atoms with Crippen LogP contribution in [0.2, 0.25) is 0 Å². The topological polar surface area (TPSA) is 83.5 Å². The Morgan fingerprint density at radius 3 is 1.59 bits per heavy atom. The molecule has 0 amide bonds. The maximum atomic E-state index is 11.5. The van der Waals surface area contributed by atoms with E-state index in [9.17, 15) is 19.5 Å². The number of hydrogen-bond donors (Lipinski definition) is 2. The van der Waals surface area contributed by atoms with E-state index in [1.54, 1.807) is 13.8 Å². The van der Waals surface area contributed by atoms with Crippen molar-refractivity contribution in [2.75, 3.05) is 0 Å². The lowest BCUT2D eigenvalue weighted by atomic mass is 9.82. The average Bonchev–Trinajstić information content (AvgIpc) is 2.14. The molecular formula is C12H15NO4. The Bertz CT molecular complexity index is 435. The fourth-order valence-corrected chi connectivity index (χ4v) is 2.17. The van der Waals surface area contributed by atoms with Crippen molar-refractivity contribution in [1.29, 1.82) is 0 Å². The smallest absolute Gasteiger partial charge is 0.315 e. The normalized spacial score (nSPS) is 16.9. The van der Waals surface area contributed by atoms with Crippen LogP contribution in [-0.2, 0) is 14.4 Å². The number of nitrogens with one attached hydrogen (secondary N) is 1. The Morgan fingerprint density at radius 1 is 1.00 bits per heavy atom. The zero-order chi connectivity index (χ0) is 13.3. The van der Waals surface area contributed by atoms with Crippen molar-refractivity contribution in [3.05, 3.63) is 22.5 Å². The van der Waals surface area contributed by atoms with Crippen LogP contribution in [-0.4, -0.2) is 22.6 Å². The second-order valence-electron chi connectivity index (χ2n) is 4.09. The van der Waals surface area contributed by atoms with Crippen LogP contribution in [0.1, 0.15) is 27.7 Å². The molecule has 1 rings (SSSR count). The van der Waals surface area contributed by atoms with Crippen LogP contribution in [0.4, 0.5) is 0 Å². The fourth-order valence-electron chi connectivity index (χ4n) is 2.17. The molecule has 0 spiro atoms. The molecule has 0 saturated heterocycles. The second kappa shape index (κ2) is 4.53. The van der Waals surface area contributed by atoms with Crippen molar-refractivity contribution in [2.45, 2.75) is 27.7 Å². The van der Waals surface area contributed by atoms with Crippen LogP contribution < -0.4 is 5.32 Å². The van der Waals surface area contributed by atoms with Gasteiger partial charge in [-0.25, -0.2) is 0 Å².